The van der Waals surface area contributed by atoms with Gasteiger partial charge in [0.1, 0.15) is 20.2 Å². The maximum Gasteiger partial charge on any atom is 1.00 e. The topological polar surface area (TPSA) is 144 Å². The van der Waals surface area contributed by atoms with Gasteiger partial charge < -0.3 is 14.4 Å². The quantitative estimate of drug-likeness (QED) is 0.202. The number of halogens is 1. The van der Waals surface area contributed by atoms with Crippen LogP contribution in [0, 0.1) is 0 Å². The standard InChI is InChI=1S/C8H8INO7S2.2Na/c9-4-8(11)10-6-3-5(18(12,13)14)1-2-7(6)19(15,16)17;;/h1-3H,4H2,(H,10,11)(H,12,13,14)(H,15,16,17);;/q;2*+1/p-2. The summed E-state index contributed by atoms with van der Waals surface area (Å²) < 4.78 is 65.2. The minimum Gasteiger partial charge on any atom is -0.744 e. The van der Waals surface area contributed by atoms with Crippen LogP contribution in [-0.2, 0) is 25.0 Å². The van der Waals surface area contributed by atoms with Crippen LogP contribution in [0.4, 0.5) is 5.69 Å². The van der Waals surface area contributed by atoms with Crippen molar-refractivity contribution in [2.75, 3.05) is 9.74 Å². The van der Waals surface area contributed by atoms with Crippen LogP contribution < -0.4 is 64.4 Å². The number of benzene rings is 1. The zero-order valence-corrected chi connectivity index (χ0v) is 18.8. The van der Waals surface area contributed by atoms with E-state index in [9.17, 15) is 30.7 Å². The maximum absolute atomic E-state index is 11.2. The number of alkyl halides is 1. The Balaban J connectivity index is 0. The van der Waals surface area contributed by atoms with Crippen LogP contribution in [0.3, 0.4) is 0 Å². The normalized spacial score (nSPS) is 11.0. The van der Waals surface area contributed by atoms with Crippen LogP contribution in [0.1, 0.15) is 0 Å². The van der Waals surface area contributed by atoms with Crippen molar-refractivity contribution in [3.05, 3.63) is 18.2 Å². The average Bonchev–Trinajstić information content (AvgIpc) is 2.26. The van der Waals surface area contributed by atoms with Gasteiger partial charge >= 0.3 is 59.1 Å². The van der Waals surface area contributed by atoms with Gasteiger partial charge in [-0.3, -0.25) is 4.79 Å². The van der Waals surface area contributed by atoms with E-state index in [0.29, 0.717) is 18.2 Å². The molecule has 0 aliphatic carbocycles. The molecule has 0 radical (unpaired) electrons. The first kappa shape index (κ1) is 24.5. The van der Waals surface area contributed by atoms with E-state index in [1.807, 2.05) is 0 Å². The molecule has 21 heavy (non-hydrogen) atoms. The summed E-state index contributed by atoms with van der Waals surface area (Å²) in [6.07, 6.45) is 0. The predicted octanol–water partition coefficient (Wildman–Crippen LogP) is -6.12. The van der Waals surface area contributed by atoms with Crippen LogP contribution in [0.2, 0.25) is 0 Å². The number of rotatable bonds is 4. The molecule has 0 atom stereocenters. The molecule has 1 aromatic rings. The largest absolute Gasteiger partial charge is 1.00 e. The number of hydrogen-bond donors (Lipinski definition) is 1. The second-order valence-electron chi connectivity index (χ2n) is 3.25. The van der Waals surface area contributed by atoms with Gasteiger partial charge in [-0.25, -0.2) is 16.8 Å². The van der Waals surface area contributed by atoms with Crippen molar-refractivity contribution in [3.8, 4) is 0 Å². The van der Waals surface area contributed by atoms with Gasteiger partial charge in [0.15, 0.2) is 0 Å². The van der Waals surface area contributed by atoms with E-state index in [2.05, 4.69) is 5.32 Å². The number of nitrogens with one attached hydrogen (secondary N) is 1. The molecule has 0 heterocycles. The van der Waals surface area contributed by atoms with Gasteiger partial charge in [-0.05, 0) is 18.2 Å². The molecule has 8 nitrogen and oxygen atoms in total. The van der Waals surface area contributed by atoms with Crippen LogP contribution in [0.25, 0.3) is 0 Å². The molecule has 1 rings (SSSR count). The molecule has 13 heteroatoms. The minimum atomic E-state index is -4.91. The van der Waals surface area contributed by atoms with Crippen molar-refractivity contribution in [2.45, 2.75) is 9.79 Å². The van der Waals surface area contributed by atoms with Crippen LogP contribution in [0.5, 0.6) is 0 Å². The first-order valence-electron chi connectivity index (χ1n) is 4.47. The van der Waals surface area contributed by atoms with E-state index in [4.69, 9.17) is 0 Å². The fraction of sp³-hybridized carbons (Fsp3) is 0.125. The van der Waals surface area contributed by atoms with E-state index in [1.54, 1.807) is 22.6 Å². The molecule has 0 unspecified atom stereocenters. The van der Waals surface area contributed by atoms with Crippen molar-refractivity contribution in [3.63, 3.8) is 0 Å². The molecule has 0 aliphatic rings. The fourth-order valence-electron chi connectivity index (χ4n) is 1.16. The predicted molar refractivity (Wildman–Crippen MR) is 69.9 cm³/mol. The van der Waals surface area contributed by atoms with Gasteiger partial charge in [0.25, 0.3) is 0 Å². The summed E-state index contributed by atoms with van der Waals surface area (Å²) in [7, 11) is -9.74. The Bertz CT molecular complexity index is 720. The zero-order chi connectivity index (χ0) is 14.8. The summed E-state index contributed by atoms with van der Waals surface area (Å²) >= 11 is 1.68. The number of anilines is 1. The number of hydrogen-bond acceptors (Lipinski definition) is 7. The van der Waals surface area contributed by atoms with Crippen LogP contribution in [-0.4, -0.2) is 36.3 Å². The van der Waals surface area contributed by atoms with Crippen molar-refractivity contribution >= 4 is 54.4 Å². The molecule has 106 valence electrons. The minimum absolute atomic E-state index is 0. The van der Waals surface area contributed by atoms with Gasteiger partial charge in [0, 0.05) is 0 Å². The molecule has 0 aromatic heterocycles. The van der Waals surface area contributed by atoms with Crippen molar-refractivity contribution in [1.82, 2.24) is 0 Å². The molecule has 1 aromatic carbocycles. The van der Waals surface area contributed by atoms with E-state index >= 15 is 0 Å². The number of carbonyl (C=O) groups excluding carboxylic acids is 1. The monoisotopic (exact) mass is 465 g/mol. The summed E-state index contributed by atoms with van der Waals surface area (Å²) in [5.41, 5.74) is -0.534. The second-order valence-corrected chi connectivity index (χ2v) is 6.74. The molecular weight excluding hydrogens is 459 g/mol. The molecule has 0 fully saturated rings. The number of amides is 1. The van der Waals surface area contributed by atoms with Gasteiger partial charge in [-0.15, -0.1) is 0 Å². The summed E-state index contributed by atoms with van der Waals surface area (Å²) in [6.45, 7) is 0. The molecule has 1 N–H and O–H groups in total. The Morgan fingerprint density at radius 1 is 1.10 bits per heavy atom. The molecular formula is C8H6INNa2O7S2. The first-order valence-corrected chi connectivity index (χ1v) is 8.81. The number of carbonyl (C=O) groups is 1. The van der Waals surface area contributed by atoms with Gasteiger partial charge in [-0.2, -0.15) is 0 Å². The van der Waals surface area contributed by atoms with Gasteiger partial charge in [0.2, 0.25) is 5.91 Å². The van der Waals surface area contributed by atoms with Crippen molar-refractivity contribution in [2.24, 2.45) is 0 Å². The third-order valence-corrected chi connectivity index (χ3v) is 4.32. The molecule has 0 bridgehead atoms. The van der Waals surface area contributed by atoms with E-state index < -0.39 is 41.6 Å². The third kappa shape index (κ3) is 7.56. The van der Waals surface area contributed by atoms with Crippen LogP contribution in [0.15, 0.2) is 28.0 Å². The summed E-state index contributed by atoms with van der Waals surface area (Å²) in [4.78, 5) is 9.62. The summed E-state index contributed by atoms with van der Waals surface area (Å²) in [5, 5.41) is 2.05. The molecule has 0 saturated carbocycles. The Hall–Kier alpha value is 1.24. The van der Waals surface area contributed by atoms with Gasteiger partial charge in [0.05, 0.1) is 19.9 Å². The Morgan fingerprint density at radius 3 is 2.00 bits per heavy atom. The third-order valence-electron chi connectivity index (χ3n) is 1.90. The van der Waals surface area contributed by atoms with E-state index in [-0.39, 0.29) is 63.5 Å². The van der Waals surface area contributed by atoms with E-state index in [0.717, 1.165) is 0 Å². The smallest absolute Gasteiger partial charge is 0.744 e. The molecule has 1 amide bonds. The fourth-order valence-corrected chi connectivity index (χ4v) is 2.47. The van der Waals surface area contributed by atoms with E-state index in [1.165, 1.54) is 0 Å². The SMILES string of the molecule is O=C(CI)Nc1cc(S(=O)(=O)[O-])ccc1S(=O)(=O)[O-].[Na+].[Na+]. The maximum atomic E-state index is 11.2. The Labute approximate surface area is 179 Å². The molecule has 0 aliphatic heterocycles. The van der Waals surface area contributed by atoms with Crippen molar-refractivity contribution < 1.29 is 89.9 Å². The summed E-state index contributed by atoms with van der Waals surface area (Å²) in [6, 6.07) is 1.99. The Kier molecular flexibility index (Phi) is 11.1. The Morgan fingerprint density at radius 2 is 1.62 bits per heavy atom. The van der Waals surface area contributed by atoms with Gasteiger partial charge in [-0.1, -0.05) is 22.6 Å². The second kappa shape index (κ2) is 9.52. The average molecular weight is 465 g/mol. The molecule has 0 saturated heterocycles. The molecule has 0 spiro atoms. The van der Waals surface area contributed by atoms with Crippen molar-refractivity contribution in [1.29, 1.82) is 0 Å². The summed E-state index contributed by atoms with van der Waals surface area (Å²) in [5.74, 6) is -0.647. The van der Waals surface area contributed by atoms with Crippen LogP contribution >= 0.6 is 22.6 Å². The zero-order valence-electron chi connectivity index (χ0n) is 11.0. The first-order chi connectivity index (χ1) is 8.55.